The number of hydrogen-bond donors (Lipinski definition) is 0. The molecule has 1 aromatic carbocycles. The van der Waals surface area contributed by atoms with Crippen molar-refractivity contribution in [2.75, 3.05) is 6.61 Å². The fraction of sp³-hybridized carbons (Fsp3) is 0.600. The molecule has 1 saturated carbocycles. The SMILES string of the molecule is CCCCOc1ccc(-c2ccc(CC[C@H]3CC[C@H](CCC)CC3)cc2F)nn1. The Hall–Kier alpha value is -1.97. The van der Waals surface area contributed by atoms with E-state index < -0.39 is 0 Å². The molecule has 1 aliphatic carbocycles. The molecule has 1 fully saturated rings. The molecule has 4 heteroatoms. The van der Waals surface area contributed by atoms with Crippen LogP contribution in [0.1, 0.15) is 77.2 Å². The van der Waals surface area contributed by atoms with Gasteiger partial charge in [0, 0.05) is 11.6 Å². The third-order valence-electron chi connectivity index (χ3n) is 6.20. The predicted molar refractivity (Wildman–Crippen MR) is 117 cm³/mol. The van der Waals surface area contributed by atoms with Crippen LogP contribution in [0.2, 0.25) is 0 Å². The topological polar surface area (TPSA) is 35.0 Å². The second-order valence-electron chi connectivity index (χ2n) is 8.49. The van der Waals surface area contributed by atoms with Crippen molar-refractivity contribution in [3.8, 4) is 17.1 Å². The van der Waals surface area contributed by atoms with Gasteiger partial charge in [0.05, 0.1) is 12.3 Å². The molecule has 2 aromatic rings. The van der Waals surface area contributed by atoms with Crippen molar-refractivity contribution in [2.24, 2.45) is 11.8 Å². The van der Waals surface area contributed by atoms with Gasteiger partial charge in [0.1, 0.15) is 5.82 Å². The van der Waals surface area contributed by atoms with Crippen LogP contribution in [-0.4, -0.2) is 16.8 Å². The molecule has 0 N–H and O–H groups in total. The van der Waals surface area contributed by atoms with Gasteiger partial charge < -0.3 is 4.74 Å². The lowest BCUT2D eigenvalue weighted by molar-refractivity contribution is 0.252. The van der Waals surface area contributed by atoms with Crippen molar-refractivity contribution in [3.63, 3.8) is 0 Å². The summed E-state index contributed by atoms with van der Waals surface area (Å²) in [6.45, 7) is 5.03. The van der Waals surface area contributed by atoms with E-state index in [2.05, 4.69) is 24.0 Å². The summed E-state index contributed by atoms with van der Waals surface area (Å²) in [5, 5.41) is 8.21. The molecule has 3 rings (SSSR count). The molecule has 1 heterocycles. The number of rotatable bonds is 10. The second kappa shape index (κ2) is 11.3. The summed E-state index contributed by atoms with van der Waals surface area (Å²) < 4.78 is 20.2. The molecule has 0 radical (unpaired) electrons. The van der Waals surface area contributed by atoms with Crippen molar-refractivity contribution in [2.45, 2.75) is 78.1 Å². The van der Waals surface area contributed by atoms with E-state index in [9.17, 15) is 4.39 Å². The highest BCUT2D eigenvalue weighted by atomic mass is 19.1. The molecule has 0 amide bonds. The third kappa shape index (κ3) is 6.52. The van der Waals surface area contributed by atoms with Crippen molar-refractivity contribution in [1.29, 1.82) is 0 Å². The van der Waals surface area contributed by atoms with Crippen LogP contribution in [0.4, 0.5) is 4.39 Å². The molecule has 0 aliphatic heterocycles. The molecule has 1 aliphatic rings. The zero-order valence-corrected chi connectivity index (χ0v) is 18.0. The van der Waals surface area contributed by atoms with Crippen molar-refractivity contribution >= 4 is 0 Å². The van der Waals surface area contributed by atoms with Gasteiger partial charge in [-0.1, -0.05) is 64.9 Å². The van der Waals surface area contributed by atoms with E-state index in [4.69, 9.17) is 4.74 Å². The quantitative estimate of drug-likeness (QED) is 0.404. The Kier molecular flexibility index (Phi) is 8.45. The molecule has 0 atom stereocenters. The van der Waals surface area contributed by atoms with Crippen LogP contribution in [0, 0.1) is 17.7 Å². The lowest BCUT2D eigenvalue weighted by Crippen LogP contribution is -2.15. The first-order chi connectivity index (χ1) is 14.2. The van der Waals surface area contributed by atoms with Crippen LogP contribution in [0.3, 0.4) is 0 Å². The summed E-state index contributed by atoms with van der Waals surface area (Å²) in [6.07, 6.45) is 12.3. The summed E-state index contributed by atoms with van der Waals surface area (Å²) in [5.74, 6) is 2.02. The monoisotopic (exact) mass is 398 g/mol. The van der Waals surface area contributed by atoms with Gasteiger partial charge in [-0.15, -0.1) is 10.2 Å². The van der Waals surface area contributed by atoms with E-state index in [1.54, 1.807) is 18.2 Å². The summed E-state index contributed by atoms with van der Waals surface area (Å²) in [5.41, 5.74) is 2.13. The van der Waals surface area contributed by atoms with E-state index in [-0.39, 0.29) is 5.82 Å². The number of nitrogens with zero attached hydrogens (tertiary/aromatic N) is 2. The standard InChI is InChI=1S/C25H35FN2O/c1-3-5-17-29-25-16-15-24(27-28-25)22-14-13-21(18-23(22)26)12-11-20-9-7-19(6-4-2)8-10-20/h13-16,18-20H,3-12,17H2,1-2H3/t19-,20-. The highest BCUT2D eigenvalue weighted by molar-refractivity contribution is 5.60. The summed E-state index contributed by atoms with van der Waals surface area (Å²) >= 11 is 0. The van der Waals surface area contributed by atoms with E-state index in [0.29, 0.717) is 23.7 Å². The largest absolute Gasteiger partial charge is 0.477 e. The Morgan fingerprint density at radius 1 is 0.931 bits per heavy atom. The maximum atomic E-state index is 14.7. The van der Waals surface area contributed by atoms with E-state index in [1.165, 1.54) is 44.9 Å². The number of unbranched alkanes of at least 4 members (excludes halogenated alkanes) is 1. The van der Waals surface area contributed by atoms with Gasteiger partial charge in [-0.05, 0) is 54.9 Å². The molecule has 29 heavy (non-hydrogen) atoms. The highest BCUT2D eigenvalue weighted by Gasteiger charge is 2.20. The average molecular weight is 399 g/mol. The van der Waals surface area contributed by atoms with Crippen LogP contribution >= 0.6 is 0 Å². The Labute approximate surface area is 175 Å². The lowest BCUT2D eigenvalue weighted by Gasteiger charge is -2.28. The summed E-state index contributed by atoms with van der Waals surface area (Å²) in [4.78, 5) is 0. The Morgan fingerprint density at radius 2 is 1.69 bits per heavy atom. The third-order valence-corrected chi connectivity index (χ3v) is 6.20. The number of hydrogen-bond acceptors (Lipinski definition) is 3. The van der Waals surface area contributed by atoms with Crippen LogP contribution in [0.25, 0.3) is 11.3 Å². The normalized spacial score (nSPS) is 19.3. The van der Waals surface area contributed by atoms with Gasteiger partial charge in [0.2, 0.25) is 5.88 Å². The Morgan fingerprint density at radius 3 is 2.31 bits per heavy atom. The van der Waals surface area contributed by atoms with Crippen LogP contribution in [0.15, 0.2) is 30.3 Å². The van der Waals surface area contributed by atoms with Crippen molar-refractivity contribution in [3.05, 3.63) is 41.7 Å². The van der Waals surface area contributed by atoms with E-state index in [1.807, 2.05) is 12.1 Å². The van der Waals surface area contributed by atoms with Gasteiger partial charge in [-0.2, -0.15) is 0 Å². The lowest BCUT2D eigenvalue weighted by atomic mass is 9.78. The summed E-state index contributed by atoms with van der Waals surface area (Å²) in [7, 11) is 0. The molecular weight excluding hydrogens is 363 g/mol. The maximum Gasteiger partial charge on any atom is 0.233 e. The van der Waals surface area contributed by atoms with Gasteiger partial charge in [0.15, 0.2) is 0 Å². The van der Waals surface area contributed by atoms with Gasteiger partial charge in [-0.25, -0.2) is 4.39 Å². The molecule has 1 aromatic heterocycles. The van der Waals surface area contributed by atoms with Crippen molar-refractivity contribution in [1.82, 2.24) is 10.2 Å². The molecule has 0 spiro atoms. The molecule has 0 unspecified atom stereocenters. The molecule has 3 nitrogen and oxygen atoms in total. The van der Waals surface area contributed by atoms with Crippen LogP contribution in [-0.2, 0) is 6.42 Å². The maximum absolute atomic E-state index is 14.7. The molecule has 158 valence electrons. The Balaban J connectivity index is 1.52. The first kappa shape index (κ1) is 21.7. The number of aryl methyl sites for hydroxylation is 1. The second-order valence-corrected chi connectivity index (χ2v) is 8.49. The number of halogens is 1. The minimum atomic E-state index is -0.219. The Bertz CT molecular complexity index is 739. The van der Waals surface area contributed by atoms with Gasteiger partial charge in [0.25, 0.3) is 0 Å². The molecule has 0 saturated heterocycles. The number of benzene rings is 1. The molecule has 0 bridgehead atoms. The number of ether oxygens (including phenoxy) is 1. The average Bonchev–Trinajstić information content (AvgIpc) is 2.74. The van der Waals surface area contributed by atoms with Crippen LogP contribution < -0.4 is 4.74 Å². The highest BCUT2D eigenvalue weighted by Crippen LogP contribution is 2.34. The smallest absolute Gasteiger partial charge is 0.233 e. The fourth-order valence-electron chi connectivity index (χ4n) is 4.37. The fourth-order valence-corrected chi connectivity index (χ4v) is 4.37. The van der Waals surface area contributed by atoms with Gasteiger partial charge in [-0.3, -0.25) is 0 Å². The number of aromatic nitrogens is 2. The van der Waals surface area contributed by atoms with E-state index in [0.717, 1.165) is 36.7 Å². The predicted octanol–water partition coefficient (Wildman–Crippen LogP) is 7.00. The van der Waals surface area contributed by atoms with E-state index >= 15 is 0 Å². The molecular formula is C25H35FN2O. The minimum Gasteiger partial charge on any atom is -0.477 e. The van der Waals surface area contributed by atoms with Crippen LogP contribution in [0.5, 0.6) is 5.88 Å². The zero-order valence-electron chi connectivity index (χ0n) is 18.0. The zero-order chi connectivity index (χ0) is 20.5. The minimum absolute atomic E-state index is 0.219. The first-order valence-corrected chi connectivity index (χ1v) is 11.4. The van der Waals surface area contributed by atoms with Crippen molar-refractivity contribution < 1.29 is 9.13 Å². The first-order valence-electron chi connectivity index (χ1n) is 11.4. The summed E-state index contributed by atoms with van der Waals surface area (Å²) in [6, 6.07) is 9.09. The van der Waals surface area contributed by atoms with Gasteiger partial charge >= 0.3 is 0 Å².